The minimum absolute atomic E-state index is 0.249. The van der Waals surface area contributed by atoms with E-state index in [1.165, 1.54) is 5.56 Å². The molecule has 1 fully saturated rings. The highest BCUT2D eigenvalue weighted by Gasteiger charge is 2.13. The number of carbonyl (C=O) groups excluding carboxylic acids is 1. The Labute approximate surface area is 108 Å². The zero-order valence-corrected chi connectivity index (χ0v) is 10.7. The third-order valence-corrected chi connectivity index (χ3v) is 3.07. The third-order valence-electron chi connectivity index (χ3n) is 3.07. The van der Waals surface area contributed by atoms with Gasteiger partial charge in [-0.05, 0) is 31.0 Å². The predicted molar refractivity (Wildman–Crippen MR) is 70.8 cm³/mol. The summed E-state index contributed by atoms with van der Waals surface area (Å²) in [5, 5.41) is 6.84. The summed E-state index contributed by atoms with van der Waals surface area (Å²) in [6.45, 7) is 5.29. The molecule has 0 unspecified atom stereocenters. The first kappa shape index (κ1) is 13.1. The Balaban J connectivity index is 1.92. The average Bonchev–Trinajstić information content (AvgIpc) is 2.41. The van der Waals surface area contributed by atoms with Crippen molar-refractivity contribution in [2.24, 2.45) is 0 Å². The van der Waals surface area contributed by atoms with Crippen molar-refractivity contribution in [3.8, 4) is 0 Å². The van der Waals surface area contributed by atoms with Gasteiger partial charge in [-0.25, -0.2) is 4.79 Å². The summed E-state index contributed by atoms with van der Waals surface area (Å²) in [4.78, 5) is 11.5. The smallest absolute Gasteiger partial charge is 0.338 e. The number of nitrogens with one attached hydrogen (secondary N) is 2. The van der Waals surface area contributed by atoms with Crippen LogP contribution in [0.1, 0.15) is 22.8 Å². The zero-order valence-electron chi connectivity index (χ0n) is 10.7. The molecular weight excluding hydrogens is 228 g/mol. The maximum absolute atomic E-state index is 11.5. The van der Waals surface area contributed by atoms with Crippen molar-refractivity contribution in [1.82, 2.24) is 10.6 Å². The summed E-state index contributed by atoms with van der Waals surface area (Å²) in [7, 11) is 0. The van der Waals surface area contributed by atoms with Gasteiger partial charge in [-0.2, -0.15) is 0 Å². The quantitative estimate of drug-likeness (QED) is 0.780. The SMILES string of the molecule is CCOC(=O)c1ccc(C[C@@H]2CNCCN2)cc1. The Morgan fingerprint density at radius 2 is 2.11 bits per heavy atom. The summed E-state index contributed by atoms with van der Waals surface area (Å²) < 4.78 is 4.96. The molecule has 2 N–H and O–H groups in total. The largest absolute Gasteiger partial charge is 0.462 e. The van der Waals surface area contributed by atoms with Gasteiger partial charge in [-0.3, -0.25) is 0 Å². The Morgan fingerprint density at radius 3 is 2.72 bits per heavy atom. The van der Waals surface area contributed by atoms with Crippen molar-refractivity contribution in [2.45, 2.75) is 19.4 Å². The molecule has 0 aliphatic carbocycles. The standard InChI is InChI=1S/C14H20N2O2/c1-2-18-14(17)12-5-3-11(4-6-12)9-13-10-15-7-8-16-13/h3-6,13,15-16H,2,7-10H2,1H3/t13-/m1/s1. The van der Waals surface area contributed by atoms with E-state index in [-0.39, 0.29) is 5.97 Å². The van der Waals surface area contributed by atoms with Crippen molar-refractivity contribution >= 4 is 5.97 Å². The second-order valence-electron chi connectivity index (χ2n) is 4.48. The molecule has 0 aromatic heterocycles. The van der Waals surface area contributed by atoms with Crippen LogP contribution in [0.3, 0.4) is 0 Å². The van der Waals surface area contributed by atoms with E-state index >= 15 is 0 Å². The van der Waals surface area contributed by atoms with E-state index in [9.17, 15) is 4.79 Å². The summed E-state index contributed by atoms with van der Waals surface area (Å²) in [5.74, 6) is -0.249. The number of rotatable bonds is 4. The third kappa shape index (κ3) is 3.55. The molecule has 1 aliphatic heterocycles. The van der Waals surface area contributed by atoms with Gasteiger partial charge in [-0.1, -0.05) is 12.1 Å². The van der Waals surface area contributed by atoms with Crippen LogP contribution in [-0.4, -0.2) is 38.3 Å². The second kappa shape index (κ2) is 6.52. The number of esters is 1. The van der Waals surface area contributed by atoms with Crippen LogP contribution in [0.5, 0.6) is 0 Å². The second-order valence-corrected chi connectivity index (χ2v) is 4.48. The maximum Gasteiger partial charge on any atom is 0.338 e. The molecule has 0 radical (unpaired) electrons. The highest BCUT2D eigenvalue weighted by molar-refractivity contribution is 5.89. The lowest BCUT2D eigenvalue weighted by Crippen LogP contribution is -2.49. The van der Waals surface area contributed by atoms with Gasteiger partial charge in [0, 0.05) is 25.7 Å². The lowest BCUT2D eigenvalue weighted by atomic mass is 10.0. The molecule has 0 saturated carbocycles. The Bertz CT molecular complexity index is 383. The van der Waals surface area contributed by atoms with Crippen LogP contribution in [0, 0.1) is 0 Å². The van der Waals surface area contributed by atoms with E-state index in [1.807, 2.05) is 31.2 Å². The summed E-state index contributed by atoms with van der Waals surface area (Å²) >= 11 is 0. The van der Waals surface area contributed by atoms with Gasteiger partial charge in [-0.15, -0.1) is 0 Å². The average molecular weight is 248 g/mol. The summed E-state index contributed by atoms with van der Waals surface area (Å²) in [6, 6.07) is 8.16. The molecule has 4 heteroatoms. The number of hydrogen-bond donors (Lipinski definition) is 2. The molecular formula is C14H20N2O2. The van der Waals surface area contributed by atoms with Gasteiger partial charge < -0.3 is 15.4 Å². The topological polar surface area (TPSA) is 50.4 Å². The normalized spacial score (nSPS) is 19.5. The van der Waals surface area contributed by atoms with Gasteiger partial charge in [0.25, 0.3) is 0 Å². The number of carbonyl (C=O) groups is 1. The van der Waals surface area contributed by atoms with Crippen LogP contribution in [0.4, 0.5) is 0 Å². The maximum atomic E-state index is 11.5. The van der Waals surface area contributed by atoms with E-state index in [0.29, 0.717) is 18.2 Å². The zero-order chi connectivity index (χ0) is 12.8. The van der Waals surface area contributed by atoms with E-state index in [2.05, 4.69) is 10.6 Å². The first-order valence-electron chi connectivity index (χ1n) is 6.49. The minimum Gasteiger partial charge on any atom is -0.462 e. The molecule has 0 spiro atoms. The van der Waals surface area contributed by atoms with Crippen LogP contribution in [0.25, 0.3) is 0 Å². The highest BCUT2D eigenvalue weighted by Crippen LogP contribution is 2.08. The van der Waals surface area contributed by atoms with Crippen molar-refractivity contribution in [3.63, 3.8) is 0 Å². The molecule has 1 heterocycles. The van der Waals surface area contributed by atoms with Gasteiger partial charge in [0.1, 0.15) is 0 Å². The Kier molecular flexibility index (Phi) is 4.73. The van der Waals surface area contributed by atoms with Crippen LogP contribution in [-0.2, 0) is 11.2 Å². The van der Waals surface area contributed by atoms with Crippen LogP contribution >= 0.6 is 0 Å². The van der Waals surface area contributed by atoms with Crippen molar-refractivity contribution in [2.75, 3.05) is 26.2 Å². The molecule has 0 amide bonds. The number of hydrogen-bond acceptors (Lipinski definition) is 4. The lowest BCUT2D eigenvalue weighted by Gasteiger charge is -2.24. The fraction of sp³-hybridized carbons (Fsp3) is 0.500. The minimum atomic E-state index is -0.249. The molecule has 1 saturated heterocycles. The van der Waals surface area contributed by atoms with Crippen LogP contribution in [0.15, 0.2) is 24.3 Å². The van der Waals surface area contributed by atoms with Crippen LogP contribution in [0.2, 0.25) is 0 Å². The fourth-order valence-corrected chi connectivity index (χ4v) is 2.13. The van der Waals surface area contributed by atoms with Gasteiger partial charge in [0.15, 0.2) is 0 Å². The van der Waals surface area contributed by atoms with E-state index in [4.69, 9.17) is 4.74 Å². The first-order valence-corrected chi connectivity index (χ1v) is 6.49. The Morgan fingerprint density at radius 1 is 1.33 bits per heavy atom. The van der Waals surface area contributed by atoms with Crippen molar-refractivity contribution < 1.29 is 9.53 Å². The highest BCUT2D eigenvalue weighted by atomic mass is 16.5. The Hall–Kier alpha value is -1.39. The van der Waals surface area contributed by atoms with Gasteiger partial charge in [0.2, 0.25) is 0 Å². The van der Waals surface area contributed by atoms with E-state index in [0.717, 1.165) is 26.1 Å². The van der Waals surface area contributed by atoms with Gasteiger partial charge >= 0.3 is 5.97 Å². The molecule has 0 bridgehead atoms. The summed E-state index contributed by atoms with van der Waals surface area (Å²) in [6.07, 6.45) is 0.982. The lowest BCUT2D eigenvalue weighted by molar-refractivity contribution is 0.0526. The molecule has 98 valence electrons. The number of benzene rings is 1. The number of ether oxygens (including phenoxy) is 1. The molecule has 1 atom stereocenters. The molecule has 1 aliphatic rings. The molecule has 18 heavy (non-hydrogen) atoms. The van der Waals surface area contributed by atoms with Crippen molar-refractivity contribution in [1.29, 1.82) is 0 Å². The van der Waals surface area contributed by atoms with E-state index in [1.54, 1.807) is 0 Å². The van der Waals surface area contributed by atoms with Crippen molar-refractivity contribution in [3.05, 3.63) is 35.4 Å². The van der Waals surface area contributed by atoms with Gasteiger partial charge in [0.05, 0.1) is 12.2 Å². The first-order chi connectivity index (χ1) is 8.79. The molecule has 1 aromatic rings. The fourth-order valence-electron chi connectivity index (χ4n) is 2.13. The van der Waals surface area contributed by atoms with E-state index < -0.39 is 0 Å². The molecule has 4 nitrogen and oxygen atoms in total. The summed E-state index contributed by atoms with van der Waals surface area (Å²) in [5.41, 5.74) is 1.86. The molecule has 2 rings (SSSR count). The monoisotopic (exact) mass is 248 g/mol. The number of piperazine rings is 1. The molecule has 1 aromatic carbocycles. The predicted octanol–water partition coefficient (Wildman–Crippen LogP) is 0.967. The van der Waals surface area contributed by atoms with Crippen LogP contribution < -0.4 is 10.6 Å².